The van der Waals surface area contributed by atoms with Crippen molar-refractivity contribution in [1.29, 1.82) is 0 Å². The first kappa shape index (κ1) is 13.3. The summed E-state index contributed by atoms with van der Waals surface area (Å²) < 4.78 is 40.2. The Morgan fingerprint density at radius 2 is 1.69 bits per heavy atom. The highest BCUT2D eigenvalue weighted by Gasteiger charge is 2.49. The van der Waals surface area contributed by atoms with Crippen molar-refractivity contribution in [3.8, 4) is 0 Å². The van der Waals surface area contributed by atoms with Crippen LogP contribution in [0.3, 0.4) is 0 Å². The van der Waals surface area contributed by atoms with Gasteiger partial charge in [-0.3, -0.25) is 4.79 Å². The number of piperidine rings is 1. The maximum Gasteiger partial charge on any atom is 0.268 e. The van der Waals surface area contributed by atoms with E-state index in [1.54, 1.807) is 20.8 Å². The zero-order valence-electron chi connectivity index (χ0n) is 10.1. The molecule has 0 aromatic carbocycles. The van der Waals surface area contributed by atoms with Gasteiger partial charge in [-0.2, -0.15) is 0 Å². The highest BCUT2D eigenvalue weighted by molar-refractivity contribution is 5.81. The molecule has 1 rings (SSSR count). The Morgan fingerprint density at radius 3 is 2.06 bits per heavy atom. The molecule has 1 unspecified atom stereocenters. The van der Waals surface area contributed by atoms with Crippen molar-refractivity contribution in [2.75, 3.05) is 13.1 Å². The van der Waals surface area contributed by atoms with E-state index in [9.17, 15) is 18.0 Å². The first-order valence-corrected chi connectivity index (χ1v) is 5.29. The zero-order chi connectivity index (χ0) is 12.8. The summed E-state index contributed by atoms with van der Waals surface area (Å²) >= 11 is 0. The highest BCUT2D eigenvalue weighted by Crippen LogP contribution is 2.36. The summed E-state index contributed by atoms with van der Waals surface area (Å²) in [5, 5.41) is 0. The molecule has 5 heteroatoms. The Hall–Kier alpha value is -0.740. The number of carbonyl (C=O) groups is 1. The van der Waals surface area contributed by atoms with Gasteiger partial charge in [0, 0.05) is 11.8 Å². The number of halogens is 3. The van der Waals surface area contributed by atoms with E-state index in [2.05, 4.69) is 0 Å². The molecule has 1 aliphatic rings. The van der Waals surface area contributed by atoms with Crippen molar-refractivity contribution in [3.05, 3.63) is 0 Å². The normalized spacial score (nSPS) is 30.3. The first-order chi connectivity index (χ1) is 6.93. The lowest BCUT2D eigenvalue weighted by atomic mass is 9.89. The Morgan fingerprint density at radius 1 is 1.19 bits per heavy atom. The first-order valence-electron chi connectivity index (χ1n) is 5.29. The minimum Gasteiger partial charge on any atom is -0.333 e. The molecule has 0 aromatic rings. The summed E-state index contributed by atoms with van der Waals surface area (Å²) in [6.45, 7) is 5.09. The summed E-state index contributed by atoms with van der Waals surface area (Å²) in [5.41, 5.74) is -2.77. The van der Waals surface area contributed by atoms with Gasteiger partial charge in [-0.1, -0.05) is 20.8 Å². The maximum atomic E-state index is 13.7. The van der Waals surface area contributed by atoms with Gasteiger partial charge >= 0.3 is 0 Å². The van der Waals surface area contributed by atoms with E-state index in [0.717, 1.165) is 11.8 Å². The van der Waals surface area contributed by atoms with Crippen molar-refractivity contribution in [2.45, 2.75) is 45.7 Å². The van der Waals surface area contributed by atoms with Crippen molar-refractivity contribution in [1.82, 2.24) is 4.90 Å². The SMILES string of the molecule is CC1(F)CN(C(=O)C(C)(C)C)CC(F)(F)C1. The predicted octanol–water partition coefficient (Wildman–Crippen LogP) is 2.63. The largest absolute Gasteiger partial charge is 0.333 e. The monoisotopic (exact) mass is 237 g/mol. The number of carbonyl (C=O) groups excluding carboxylic acids is 1. The van der Waals surface area contributed by atoms with Gasteiger partial charge in [-0.15, -0.1) is 0 Å². The lowest BCUT2D eigenvalue weighted by molar-refractivity contribution is -0.161. The van der Waals surface area contributed by atoms with Gasteiger partial charge in [0.15, 0.2) is 0 Å². The van der Waals surface area contributed by atoms with Crippen LogP contribution >= 0.6 is 0 Å². The maximum absolute atomic E-state index is 13.7. The van der Waals surface area contributed by atoms with Crippen LogP contribution in [-0.2, 0) is 4.79 Å². The molecule has 1 amide bonds. The number of amides is 1. The fourth-order valence-electron chi connectivity index (χ4n) is 2.00. The van der Waals surface area contributed by atoms with Gasteiger partial charge in [0.25, 0.3) is 5.92 Å². The Labute approximate surface area is 93.8 Å². The van der Waals surface area contributed by atoms with E-state index < -0.39 is 35.9 Å². The third-order valence-corrected chi connectivity index (χ3v) is 2.50. The molecular weight excluding hydrogens is 219 g/mol. The van der Waals surface area contributed by atoms with E-state index in [0.29, 0.717) is 0 Å². The molecule has 94 valence electrons. The standard InChI is InChI=1S/C11H18F3NO/c1-9(2,3)8(16)15-6-10(4,12)5-11(13,14)7-15/h5-7H2,1-4H3. The molecule has 1 aliphatic heterocycles. The number of nitrogens with zero attached hydrogens (tertiary/aromatic N) is 1. The molecule has 0 aliphatic carbocycles. The molecule has 0 radical (unpaired) electrons. The average Bonchev–Trinajstić information content (AvgIpc) is 1.94. The van der Waals surface area contributed by atoms with E-state index in [1.807, 2.05) is 0 Å². The van der Waals surface area contributed by atoms with E-state index in [-0.39, 0.29) is 6.54 Å². The van der Waals surface area contributed by atoms with Crippen LogP contribution in [0.1, 0.15) is 34.1 Å². The van der Waals surface area contributed by atoms with E-state index in [1.165, 1.54) is 0 Å². The lowest BCUT2D eigenvalue weighted by Crippen LogP contribution is -2.57. The van der Waals surface area contributed by atoms with Crippen LogP contribution in [0.25, 0.3) is 0 Å². The third-order valence-electron chi connectivity index (χ3n) is 2.50. The molecular formula is C11H18F3NO. The summed E-state index contributed by atoms with van der Waals surface area (Å²) in [4.78, 5) is 12.8. The predicted molar refractivity (Wildman–Crippen MR) is 55.1 cm³/mol. The Bertz CT molecular complexity index is 278. The molecule has 0 N–H and O–H groups in total. The second-order valence-electron chi connectivity index (χ2n) is 5.86. The molecule has 0 spiro atoms. The number of hydrogen-bond donors (Lipinski definition) is 0. The van der Waals surface area contributed by atoms with Gasteiger partial charge < -0.3 is 4.90 Å². The van der Waals surface area contributed by atoms with Crippen LogP contribution in [0, 0.1) is 5.41 Å². The van der Waals surface area contributed by atoms with Crippen LogP contribution in [-0.4, -0.2) is 35.5 Å². The molecule has 2 nitrogen and oxygen atoms in total. The van der Waals surface area contributed by atoms with Gasteiger partial charge in [0.2, 0.25) is 5.91 Å². The van der Waals surface area contributed by atoms with Crippen LogP contribution in [0.5, 0.6) is 0 Å². The smallest absolute Gasteiger partial charge is 0.268 e. The van der Waals surface area contributed by atoms with Crippen LogP contribution in [0.4, 0.5) is 13.2 Å². The summed E-state index contributed by atoms with van der Waals surface area (Å²) in [6, 6.07) is 0. The summed E-state index contributed by atoms with van der Waals surface area (Å²) in [7, 11) is 0. The molecule has 1 heterocycles. The summed E-state index contributed by atoms with van der Waals surface area (Å²) in [6.07, 6.45) is -0.812. The number of rotatable bonds is 0. The van der Waals surface area contributed by atoms with Gasteiger partial charge in [0.1, 0.15) is 5.67 Å². The lowest BCUT2D eigenvalue weighted by Gasteiger charge is -2.41. The van der Waals surface area contributed by atoms with E-state index >= 15 is 0 Å². The van der Waals surface area contributed by atoms with Crippen molar-refractivity contribution >= 4 is 5.91 Å². The molecule has 0 aromatic heterocycles. The van der Waals surface area contributed by atoms with Gasteiger partial charge in [-0.25, -0.2) is 13.2 Å². The third kappa shape index (κ3) is 3.12. The summed E-state index contributed by atoms with van der Waals surface area (Å²) in [5.74, 6) is -3.57. The quantitative estimate of drug-likeness (QED) is 0.634. The molecule has 1 fully saturated rings. The minimum absolute atomic E-state index is 0.251. The van der Waals surface area contributed by atoms with Crippen LogP contribution in [0.2, 0.25) is 0 Å². The molecule has 0 saturated carbocycles. The minimum atomic E-state index is -3.14. The second kappa shape index (κ2) is 3.64. The zero-order valence-corrected chi connectivity index (χ0v) is 10.1. The van der Waals surface area contributed by atoms with Gasteiger partial charge in [0.05, 0.1) is 13.1 Å². The molecule has 1 atom stereocenters. The second-order valence-corrected chi connectivity index (χ2v) is 5.86. The number of likely N-dealkylation sites (tertiary alicyclic amines) is 1. The average molecular weight is 237 g/mol. The fourth-order valence-corrected chi connectivity index (χ4v) is 2.00. The topological polar surface area (TPSA) is 20.3 Å². The highest BCUT2D eigenvalue weighted by atomic mass is 19.3. The van der Waals surface area contributed by atoms with Crippen molar-refractivity contribution < 1.29 is 18.0 Å². The van der Waals surface area contributed by atoms with Crippen molar-refractivity contribution in [2.24, 2.45) is 5.41 Å². The number of alkyl halides is 3. The Kier molecular flexibility index (Phi) is 3.03. The van der Waals surface area contributed by atoms with E-state index in [4.69, 9.17) is 0 Å². The van der Waals surface area contributed by atoms with Crippen LogP contribution in [0.15, 0.2) is 0 Å². The van der Waals surface area contributed by atoms with Gasteiger partial charge in [-0.05, 0) is 6.92 Å². The Balaban J connectivity index is 2.87. The van der Waals surface area contributed by atoms with Crippen LogP contribution < -0.4 is 0 Å². The molecule has 0 bridgehead atoms. The number of hydrogen-bond acceptors (Lipinski definition) is 1. The molecule has 1 saturated heterocycles. The fraction of sp³-hybridized carbons (Fsp3) is 0.909. The molecule has 16 heavy (non-hydrogen) atoms. The van der Waals surface area contributed by atoms with Crippen molar-refractivity contribution in [3.63, 3.8) is 0 Å².